The zero-order valence-electron chi connectivity index (χ0n) is 14.7. The number of imidazole rings is 1. The average Bonchev–Trinajstić information content (AvgIpc) is 3.00. The standard InChI is InChI=1S/C17H19N5O4/c1-4-26-12-8-6-5-7-11(12)19-13(23)9-22-16(24)14-15(18-10-20(14)2)21(3)17(22)25/h5-8,10H,4,9H2,1-3H3,(H,19,23). The highest BCUT2D eigenvalue weighted by Gasteiger charge is 2.17. The largest absolute Gasteiger partial charge is 0.492 e. The second kappa shape index (κ2) is 6.87. The van der Waals surface area contributed by atoms with Crippen LogP contribution in [0.4, 0.5) is 5.69 Å². The molecule has 0 atom stereocenters. The molecule has 0 fully saturated rings. The molecular formula is C17H19N5O4. The van der Waals surface area contributed by atoms with Gasteiger partial charge in [-0.15, -0.1) is 0 Å². The predicted octanol–water partition coefficient (Wildman–Crippen LogP) is 0.471. The Hall–Kier alpha value is -3.36. The summed E-state index contributed by atoms with van der Waals surface area (Å²) in [6.07, 6.45) is 1.45. The first-order valence-electron chi connectivity index (χ1n) is 8.06. The molecule has 0 aliphatic carbocycles. The van der Waals surface area contributed by atoms with Gasteiger partial charge in [0.1, 0.15) is 12.3 Å². The minimum absolute atomic E-state index is 0.259. The molecule has 3 aromatic rings. The summed E-state index contributed by atoms with van der Waals surface area (Å²) in [5, 5.41) is 2.68. The number of hydrogen-bond acceptors (Lipinski definition) is 5. The molecule has 9 nitrogen and oxygen atoms in total. The number of benzene rings is 1. The molecule has 0 saturated heterocycles. The van der Waals surface area contributed by atoms with E-state index in [0.717, 1.165) is 4.57 Å². The van der Waals surface area contributed by atoms with E-state index in [4.69, 9.17) is 4.74 Å². The maximum Gasteiger partial charge on any atom is 0.332 e. The number of nitrogens with zero attached hydrogens (tertiary/aromatic N) is 4. The van der Waals surface area contributed by atoms with Crippen LogP contribution in [0.15, 0.2) is 40.2 Å². The minimum Gasteiger partial charge on any atom is -0.492 e. The van der Waals surface area contributed by atoms with Gasteiger partial charge >= 0.3 is 5.69 Å². The van der Waals surface area contributed by atoms with E-state index in [-0.39, 0.29) is 11.2 Å². The molecule has 1 N–H and O–H groups in total. The summed E-state index contributed by atoms with van der Waals surface area (Å²) in [6.45, 7) is 1.88. The van der Waals surface area contributed by atoms with Crippen molar-refractivity contribution in [1.82, 2.24) is 18.7 Å². The Kier molecular flexibility index (Phi) is 4.61. The van der Waals surface area contributed by atoms with Crippen LogP contribution in [0.3, 0.4) is 0 Å². The van der Waals surface area contributed by atoms with Crippen LogP contribution in [0.5, 0.6) is 5.75 Å². The van der Waals surface area contributed by atoms with Crippen molar-refractivity contribution in [1.29, 1.82) is 0 Å². The average molecular weight is 357 g/mol. The fourth-order valence-electron chi connectivity index (χ4n) is 2.72. The number of amides is 1. The molecule has 1 amide bonds. The zero-order valence-corrected chi connectivity index (χ0v) is 14.7. The van der Waals surface area contributed by atoms with E-state index in [0.29, 0.717) is 18.0 Å². The first-order chi connectivity index (χ1) is 12.4. The summed E-state index contributed by atoms with van der Waals surface area (Å²) in [6, 6.07) is 6.96. The molecular weight excluding hydrogens is 338 g/mol. The molecule has 3 rings (SSSR count). The first kappa shape index (κ1) is 17.5. The number of aryl methyl sites for hydroxylation is 2. The SMILES string of the molecule is CCOc1ccccc1NC(=O)Cn1c(=O)c2c(ncn2C)n(C)c1=O. The van der Waals surface area contributed by atoms with Crippen molar-refractivity contribution in [2.24, 2.45) is 14.1 Å². The lowest BCUT2D eigenvalue weighted by atomic mass is 10.3. The number of nitrogens with one attached hydrogen (secondary N) is 1. The van der Waals surface area contributed by atoms with Gasteiger partial charge in [0.15, 0.2) is 11.2 Å². The third kappa shape index (κ3) is 2.99. The molecule has 9 heteroatoms. The maximum absolute atomic E-state index is 12.6. The van der Waals surface area contributed by atoms with Gasteiger partial charge in [-0.1, -0.05) is 12.1 Å². The molecule has 0 aliphatic heterocycles. The number of anilines is 1. The van der Waals surface area contributed by atoms with E-state index in [2.05, 4.69) is 10.3 Å². The number of fused-ring (bicyclic) bond motifs is 1. The number of ether oxygens (including phenoxy) is 1. The second-order valence-electron chi connectivity index (χ2n) is 5.74. The van der Waals surface area contributed by atoms with Crippen LogP contribution in [0, 0.1) is 0 Å². The first-order valence-corrected chi connectivity index (χ1v) is 8.06. The van der Waals surface area contributed by atoms with Crippen LogP contribution in [0.25, 0.3) is 11.2 Å². The van der Waals surface area contributed by atoms with Gasteiger partial charge in [0.05, 0.1) is 18.6 Å². The van der Waals surface area contributed by atoms with Gasteiger partial charge in [-0.2, -0.15) is 0 Å². The van der Waals surface area contributed by atoms with Crippen molar-refractivity contribution in [2.75, 3.05) is 11.9 Å². The third-order valence-corrected chi connectivity index (χ3v) is 3.96. The second-order valence-corrected chi connectivity index (χ2v) is 5.74. The van der Waals surface area contributed by atoms with Crippen LogP contribution in [0.2, 0.25) is 0 Å². The molecule has 26 heavy (non-hydrogen) atoms. The van der Waals surface area contributed by atoms with E-state index in [1.165, 1.54) is 22.5 Å². The highest BCUT2D eigenvalue weighted by atomic mass is 16.5. The number of carbonyl (C=O) groups excluding carboxylic acids is 1. The summed E-state index contributed by atoms with van der Waals surface area (Å²) in [4.78, 5) is 41.5. The maximum atomic E-state index is 12.6. The van der Waals surface area contributed by atoms with E-state index in [1.807, 2.05) is 6.92 Å². The van der Waals surface area contributed by atoms with Crippen molar-refractivity contribution in [3.63, 3.8) is 0 Å². The summed E-state index contributed by atoms with van der Waals surface area (Å²) < 4.78 is 9.12. The summed E-state index contributed by atoms with van der Waals surface area (Å²) in [7, 11) is 3.17. The third-order valence-electron chi connectivity index (χ3n) is 3.96. The molecule has 2 aromatic heterocycles. The van der Waals surface area contributed by atoms with Gasteiger partial charge in [0.25, 0.3) is 5.56 Å². The molecule has 0 bridgehead atoms. The van der Waals surface area contributed by atoms with Crippen LogP contribution in [-0.4, -0.2) is 31.2 Å². The normalized spacial score (nSPS) is 10.9. The van der Waals surface area contributed by atoms with Crippen LogP contribution in [0.1, 0.15) is 6.92 Å². The van der Waals surface area contributed by atoms with Gasteiger partial charge in [0, 0.05) is 14.1 Å². The van der Waals surface area contributed by atoms with Gasteiger partial charge in [-0.05, 0) is 19.1 Å². The van der Waals surface area contributed by atoms with Crippen LogP contribution >= 0.6 is 0 Å². The smallest absolute Gasteiger partial charge is 0.332 e. The molecule has 1 aromatic carbocycles. The van der Waals surface area contributed by atoms with Gasteiger partial charge < -0.3 is 14.6 Å². The Morgan fingerprint density at radius 3 is 2.69 bits per heavy atom. The van der Waals surface area contributed by atoms with Crippen molar-refractivity contribution in [3.05, 3.63) is 51.4 Å². The highest BCUT2D eigenvalue weighted by Crippen LogP contribution is 2.23. The minimum atomic E-state index is -0.602. The van der Waals surface area contributed by atoms with E-state index in [1.54, 1.807) is 31.3 Å². The Labute approximate surface area is 148 Å². The van der Waals surface area contributed by atoms with Crippen LogP contribution in [-0.2, 0) is 25.4 Å². The number of hydrogen-bond donors (Lipinski definition) is 1. The van der Waals surface area contributed by atoms with Crippen molar-refractivity contribution in [3.8, 4) is 5.75 Å². The molecule has 0 radical (unpaired) electrons. The fraction of sp³-hybridized carbons (Fsp3) is 0.294. The van der Waals surface area contributed by atoms with E-state index < -0.39 is 23.7 Å². The number of carbonyl (C=O) groups is 1. The number of aromatic nitrogens is 4. The summed E-state index contributed by atoms with van der Waals surface area (Å²) in [5.74, 6) is 0.0172. The Morgan fingerprint density at radius 2 is 1.96 bits per heavy atom. The van der Waals surface area contributed by atoms with E-state index >= 15 is 0 Å². The van der Waals surface area contributed by atoms with Crippen molar-refractivity contribution < 1.29 is 9.53 Å². The number of rotatable bonds is 5. The van der Waals surface area contributed by atoms with E-state index in [9.17, 15) is 14.4 Å². The Balaban J connectivity index is 1.95. The predicted molar refractivity (Wildman–Crippen MR) is 96.5 cm³/mol. The lowest BCUT2D eigenvalue weighted by Gasteiger charge is -2.12. The van der Waals surface area contributed by atoms with Gasteiger partial charge in [-0.3, -0.25) is 14.2 Å². The van der Waals surface area contributed by atoms with Gasteiger partial charge in [-0.25, -0.2) is 14.3 Å². The Bertz CT molecular complexity index is 1090. The molecule has 0 spiro atoms. The zero-order chi connectivity index (χ0) is 18.8. The molecule has 136 valence electrons. The lowest BCUT2D eigenvalue weighted by molar-refractivity contribution is -0.116. The molecule has 0 unspecified atom stereocenters. The Morgan fingerprint density at radius 1 is 1.23 bits per heavy atom. The highest BCUT2D eigenvalue weighted by molar-refractivity contribution is 5.92. The monoisotopic (exact) mass is 357 g/mol. The molecule has 0 aliphatic rings. The number of para-hydroxylation sites is 2. The topological polar surface area (TPSA) is 100 Å². The quantitative estimate of drug-likeness (QED) is 0.715. The summed E-state index contributed by atoms with van der Waals surface area (Å²) in [5.41, 5.74) is -0.146. The fourth-order valence-corrected chi connectivity index (χ4v) is 2.72. The van der Waals surface area contributed by atoms with Crippen molar-refractivity contribution in [2.45, 2.75) is 13.5 Å². The molecule has 0 saturated carbocycles. The lowest BCUT2D eigenvalue weighted by Crippen LogP contribution is -2.42. The summed E-state index contributed by atoms with van der Waals surface area (Å²) >= 11 is 0. The molecule has 2 heterocycles. The van der Waals surface area contributed by atoms with Crippen molar-refractivity contribution >= 4 is 22.8 Å². The van der Waals surface area contributed by atoms with Crippen LogP contribution < -0.4 is 21.3 Å². The van der Waals surface area contributed by atoms with Gasteiger partial charge in [0.2, 0.25) is 5.91 Å².